The Labute approximate surface area is 160 Å². The van der Waals surface area contributed by atoms with Crippen molar-refractivity contribution in [3.05, 3.63) is 71.0 Å². The van der Waals surface area contributed by atoms with Gasteiger partial charge in [-0.1, -0.05) is 23.2 Å². The predicted molar refractivity (Wildman–Crippen MR) is 105 cm³/mol. The van der Waals surface area contributed by atoms with E-state index in [2.05, 4.69) is 9.97 Å². The first-order valence-electron chi connectivity index (χ1n) is 7.02. The summed E-state index contributed by atoms with van der Waals surface area (Å²) < 4.78 is 0. The molecular formula is C18H14BeCl2N2O2. The molecular weight excluding hydrogens is 356 g/mol. The van der Waals surface area contributed by atoms with Crippen LogP contribution >= 0.6 is 23.2 Å². The summed E-state index contributed by atoms with van der Waals surface area (Å²) in [6.45, 7) is 0. The number of fused-ring (bicyclic) bond motifs is 2. The maximum absolute atomic E-state index is 9.37. The molecule has 2 aromatic carbocycles. The first-order valence-corrected chi connectivity index (χ1v) is 7.78. The van der Waals surface area contributed by atoms with E-state index in [1.807, 2.05) is 12.1 Å². The summed E-state index contributed by atoms with van der Waals surface area (Å²) >= 11 is 11.8. The van der Waals surface area contributed by atoms with E-state index in [0.29, 0.717) is 21.1 Å². The number of nitrogens with zero attached hydrogens (tertiary/aromatic N) is 2. The largest absolute Gasteiger partial charge is 2.00 e. The molecule has 0 aliphatic rings. The quantitative estimate of drug-likeness (QED) is 0.426. The van der Waals surface area contributed by atoms with Crippen LogP contribution in [0.25, 0.3) is 21.8 Å². The Balaban J connectivity index is 0.000000451. The molecule has 4 rings (SSSR count). The number of phenols is 2. The molecule has 0 fully saturated rings. The Morgan fingerprint density at radius 3 is 1.44 bits per heavy atom. The maximum Gasteiger partial charge on any atom is 2.00 e. The van der Waals surface area contributed by atoms with Gasteiger partial charge in [0.1, 0.15) is 22.5 Å². The number of hydrogen-bond donors (Lipinski definition) is 2. The van der Waals surface area contributed by atoms with Crippen molar-refractivity contribution in [3.8, 4) is 11.5 Å². The second-order valence-electron chi connectivity index (χ2n) is 4.93. The molecule has 0 spiro atoms. The summed E-state index contributed by atoms with van der Waals surface area (Å²) in [5, 5.41) is 21.5. The molecule has 2 N–H and O–H groups in total. The van der Waals surface area contributed by atoms with E-state index in [1.165, 1.54) is 12.1 Å². The average molecular weight is 370 g/mol. The van der Waals surface area contributed by atoms with Gasteiger partial charge in [0, 0.05) is 23.2 Å². The van der Waals surface area contributed by atoms with E-state index in [9.17, 15) is 10.2 Å². The normalized spacial score (nSPS) is 10.0. The molecule has 0 unspecified atom stereocenters. The zero-order chi connectivity index (χ0) is 17.1. The van der Waals surface area contributed by atoms with E-state index in [0.717, 1.165) is 10.8 Å². The number of aromatic hydroxyl groups is 2. The topological polar surface area (TPSA) is 66.2 Å². The minimum atomic E-state index is 0. The molecule has 7 heteroatoms. The Kier molecular flexibility index (Phi) is 6.16. The third-order valence-corrected chi connectivity index (χ3v) is 4.05. The monoisotopic (exact) mass is 369 g/mol. The predicted octanol–water partition coefficient (Wildman–Crippen LogP) is 5.03. The molecule has 4 aromatic rings. The minimum absolute atomic E-state index is 0. The molecule has 0 atom stereocenters. The standard InChI is InChI=1S/2C9H6ClNO.Be.2H/c2*10-7-3-4-8(12)9-6(7)2-1-5-11-9;;;/h2*1-5,12H;;;/q;;+2;2*-1. The number of pyridine rings is 2. The molecule has 0 amide bonds. The molecule has 0 aliphatic heterocycles. The van der Waals surface area contributed by atoms with Gasteiger partial charge in [-0.2, -0.15) is 0 Å². The number of phenolic OH excluding ortho intramolecular Hbond substituents is 2. The van der Waals surface area contributed by atoms with Crippen LogP contribution in [0, 0.1) is 0 Å². The van der Waals surface area contributed by atoms with Crippen molar-refractivity contribution in [3.63, 3.8) is 0 Å². The van der Waals surface area contributed by atoms with Crippen molar-refractivity contribution in [2.45, 2.75) is 0 Å². The van der Waals surface area contributed by atoms with Gasteiger partial charge in [-0.25, -0.2) is 0 Å². The minimum Gasteiger partial charge on any atom is -1.00 e. The van der Waals surface area contributed by atoms with Gasteiger partial charge in [0.2, 0.25) is 0 Å². The summed E-state index contributed by atoms with van der Waals surface area (Å²) in [7, 11) is 0. The number of benzene rings is 2. The van der Waals surface area contributed by atoms with Crippen LogP contribution in [0.3, 0.4) is 0 Å². The molecule has 124 valence electrons. The third-order valence-electron chi connectivity index (χ3n) is 3.39. The number of rotatable bonds is 0. The maximum atomic E-state index is 9.37. The fourth-order valence-electron chi connectivity index (χ4n) is 2.25. The van der Waals surface area contributed by atoms with Gasteiger partial charge in [-0.05, 0) is 48.5 Å². The van der Waals surface area contributed by atoms with Crippen molar-refractivity contribution in [2.24, 2.45) is 0 Å². The first-order chi connectivity index (χ1) is 11.6. The van der Waals surface area contributed by atoms with E-state index < -0.39 is 0 Å². The van der Waals surface area contributed by atoms with E-state index in [4.69, 9.17) is 23.2 Å². The fourth-order valence-corrected chi connectivity index (χ4v) is 2.68. The van der Waals surface area contributed by atoms with Crippen LogP contribution in [-0.2, 0) is 0 Å². The molecule has 2 heterocycles. The van der Waals surface area contributed by atoms with E-state index in [1.54, 1.807) is 36.7 Å². The van der Waals surface area contributed by atoms with Crippen LogP contribution in [0.4, 0.5) is 0 Å². The van der Waals surface area contributed by atoms with Crippen molar-refractivity contribution in [1.82, 2.24) is 9.97 Å². The average Bonchev–Trinajstić information content (AvgIpc) is 2.63. The summed E-state index contributed by atoms with van der Waals surface area (Å²) in [5.74, 6) is 0.324. The van der Waals surface area contributed by atoms with Gasteiger partial charge in [0.15, 0.2) is 0 Å². The second-order valence-corrected chi connectivity index (χ2v) is 5.75. The van der Waals surface area contributed by atoms with Crippen molar-refractivity contribution >= 4 is 55.1 Å². The smallest absolute Gasteiger partial charge is 1.00 e. The molecule has 0 saturated carbocycles. The summed E-state index contributed by atoms with van der Waals surface area (Å²) in [4.78, 5) is 8.01. The zero-order valence-corrected chi connectivity index (χ0v) is 14.5. The SMILES string of the molecule is Oc1ccc(Cl)c2cccnc12.Oc1ccc(Cl)c2cccnc12.[Be+2].[H-].[H-]. The van der Waals surface area contributed by atoms with E-state index >= 15 is 0 Å². The van der Waals surface area contributed by atoms with Crippen molar-refractivity contribution < 1.29 is 13.1 Å². The Bertz CT molecular complexity index is 874. The Morgan fingerprint density at radius 1 is 0.680 bits per heavy atom. The molecule has 4 nitrogen and oxygen atoms in total. The van der Waals surface area contributed by atoms with Gasteiger partial charge >= 0.3 is 10.1 Å². The van der Waals surface area contributed by atoms with E-state index in [-0.39, 0.29) is 24.5 Å². The summed E-state index contributed by atoms with van der Waals surface area (Å²) in [6, 6.07) is 13.6. The van der Waals surface area contributed by atoms with Gasteiger partial charge in [0.25, 0.3) is 0 Å². The number of halogens is 2. The van der Waals surface area contributed by atoms with Crippen LogP contribution in [0.5, 0.6) is 11.5 Å². The third kappa shape index (κ3) is 3.99. The van der Waals surface area contributed by atoms with Gasteiger partial charge in [-0.3, -0.25) is 9.97 Å². The summed E-state index contributed by atoms with van der Waals surface area (Å²) in [5.41, 5.74) is 1.09. The molecule has 0 bridgehead atoms. The molecule has 0 saturated heterocycles. The van der Waals surface area contributed by atoms with Crippen molar-refractivity contribution in [1.29, 1.82) is 0 Å². The Morgan fingerprint density at radius 2 is 1.08 bits per heavy atom. The van der Waals surface area contributed by atoms with Gasteiger partial charge < -0.3 is 13.1 Å². The number of hydrogen-bond acceptors (Lipinski definition) is 4. The first kappa shape index (κ1) is 18.9. The van der Waals surface area contributed by atoms with Crippen LogP contribution < -0.4 is 0 Å². The van der Waals surface area contributed by atoms with Gasteiger partial charge in [0.05, 0.1) is 10.0 Å². The second kappa shape index (κ2) is 8.13. The fraction of sp³-hybridized carbons (Fsp3) is 0. The molecule has 25 heavy (non-hydrogen) atoms. The molecule has 2 aromatic heterocycles. The Hall–Kier alpha value is -2.39. The number of aromatic nitrogens is 2. The van der Waals surface area contributed by atoms with Crippen LogP contribution in [0.1, 0.15) is 2.85 Å². The van der Waals surface area contributed by atoms with Crippen molar-refractivity contribution in [2.75, 3.05) is 0 Å². The van der Waals surface area contributed by atoms with Gasteiger partial charge in [-0.15, -0.1) is 0 Å². The molecule has 0 aliphatic carbocycles. The van der Waals surface area contributed by atoms with Crippen LogP contribution in [0.15, 0.2) is 60.9 Å². The zero-order valence-electron chi connectivity index (χ0n) is 15.0. The molecule has 0 radical (unpaired) electrons. The van der Waals surface area contributed by atoms with Crippen LogP contribution in [0.2, 0.25) is 10.0 Å². The summed E-state index contributed by atoms with van der Waals surface area (Å²) in [6.07, 6.45) is 3.25. The van der Waals surface area contributed by atoms with Crippen LogP contribution in [-0.4, -0.2) is 30.3 Å².